The van der Waals surface area contributed by atoms with Crippen LogP contribution in [-0.4, -0.2) is 24.5 Å². The lowest BCUT2D eigenvalue weighted by molar-refractivity contribution is -0.122. The lowest BCUT2D eigenvalue weighted by atomic mass is 10.1. The first kappa shape index (κ1) is 13.5. The predicted octanol–water partition coefficient (Wildman–Crippen LogP) is 2.07. The van der Waals surface area contributed by atoms with E-state index in [0.717, 1.165) is 13.0 Å². The van der Waals surface area contributed by atoms with E-state index in [-0.39, 0.29) is 11.9 Å². The molecule has 0 aromatic heterocycles. The molecule has 1 aliphatic carbocycles. The van der Waals surface area contributed by atoms with Gasteiger partial charge in [-0.25, -0.2) is 0 Å². The second kappa shape index (κ2) is 6.89. The molecule has 1 atom stereocenters. The van der Waals surface area contributed by atoms with Crippen LogP contribution in [0.1, 0.15) is 52.9 Å². The van der Waals surface area contributed by atoms with Crippen LogP contribution < -0.4 is 10.6 Å². The summed E-state index contributed by atoms with van der Waals surface area (Å²) in [5.41, 5.74) is 0. The van der Waals surface area contributed by atoms with Crippen LogP contribution in [0, 0.1) is 5.92 Å². The highest BCUT2D eigenvalue weighted by Gasteiger charge is 2.20. The van der Waals surface area contributed by atoms with Crippen LogP contribution in [0.2, 0.25) is 0 Å². The minimum Gasteiger partial charge on any atom is -0.355 e. The summed E-state index contributed by atoms with van der Waals surface area (Å²) in [6, 6.07) is 0.515. The van der Waals surface area contributed by atoms with Gasteiger partial charge in [-0.15, -0.1) is 0 Å². The van der Waals surface area contributed by atoms with Gasteiger partial charge in [0.25, 0.3) is 0 Å². The topological polar surface area (TPSA) is 41.1 Å². The Kier molecular flexibility index (Phi) is 5.81. The van der Waals surface area contributed by atoms with Crippen LogP contribution in [0.25, 0.3) is 0 Å². The minimum absolute atomic E-state index is 0.0461. The average Bonchev–Trinajstić information content (AvgIpc) is 2.69. The zero-order valence-corrected chi connectivity index (χ0v) is 10.9. The van der Waals surface area contributed by atoms with E-state index in [0.29, 0.717) is 12.0 Å². The highest BCUT2D eigenvalue weighted by atomic mass is 16.2. The summed E-state index contributed by atoms with van der Waals surface area (Å²) in [5, 5.41) is 6.39. The SMILES string of the molecule is CC(C)CCNC(=O)C(C)NC1CCCC1. The molecule has 1 amide bonds. The third-order valence-corrected chi connectivity index (χ3v) is 3.26. The van der Waals surface area contributed by atoms with Crippen molar-refractivity contribution in [1.82, 2.24) is 10.6 Å². The Labute approximate surface area is 99.4 Å². The third kappa shape index (κ3) is 4.97. The van der Waals surface area contributed by atoms with E-state index in [2.05, 4.69) is 24.5 Å². The van der Waals surface area contributed by atoms with Crippen molar-refractivity contribution in [2.24, 2.45) is 5.92 Å². The molecule has 0 aromatic rings. The van der Waals surface area contributed by atoms with Gasteiger partial charge < -0.3 is 10.6 Å². The summed E-state index contributed by atoms with van der Waals surface area (Å²) in [5.74, 6) is 0.797. The molecule has 3 heteroatoms. The second-order valence-corrected chi connectivity index (χ2v) is 5.34. The van der Waals surface area contributed by atoms with Crippen LogP contribution in [0.15, 0.2) is 0 Å². The molecule has 94 valence electrons. The third-order valence-electron chi connectivity index (χ3n) is 3.26. The number of nitrogens with one attached hydrogen (secondary N) is 2. The number of carbonyl (C=O) groups excluding carboxylic acids is 1. The van der Waals surface area contributed by atoms with Crippen molar-refractivity contribution < 1.29 is 4.79 Å². The predicted molar refractivity (Wildman–Crippen MR) is 67.3 cm³/mol. The van der Waals surface area contributed by atoms with Crippen LogP contribution in [-0.2, 0) is 4.79 Å². The van der Waals surface area contributed by atoms with Crippen molar-refractivity contribution in [3.05, 3.63) is 0 Å². The Morgan fingerprint density at radius 2 is 1.88 bits per heavy atom. The van der Waals surface area contributed by atoms with Crippen molar-refractivity contribution >= 4 is 5.91 Å². The van der Waals surface area contributed by atoms with Gasteiger partial charge in [0.15, 0.2) is 0 Å². The van der Waals surface area contributed by atoms with Gasteiger partial charge in [-0.2, -0.15) is 0 Å². The van der Waals surface area contributed by atoms with E-state index in [1.165, 1.54) is 25.7 Å². The van der Waals surface area contributed by atoms with Crippen LogP contribution in [0.4, 0.5) is 0 Å². The quantitative estimate of drug-likeness (QED) is 0.728. The minimum atomic E-state index is -0.0461. The van der Waals surface area contributed by atoms with Gasteiger partial charge in [-0.1, -0.05) is 26.7 Å². The molecule has 0 spiro atoms. The molecule has 1 fully saturated rings. The molecule has 0 bridgehead atoms. The molecule has 1 aliphatic rings. The van der Waals surface area contributed by atoms with Crippen LogP contribution >= 0.6 is 0 Å². The van der Waals surface area contributed by atoms with Crippen LogP contribution in [0.5, 0.6) is 0 Å². The van der Waals surface area contributed by atoms with Crippen molar-refractivity contribution in [2.75, 3.05) is 6.54 Å². The second-order valence-electron chi connectivity index (χ2n) is 5.34. The van der Waals surface area contributed by atoms with Crippen LogP contribution in [0.3, 0.4) is 0 Å². The van der Waals surface area contributed by atoms with E-state index in [1.54, 1.807) is 0 Å². The molecule has 0 aliphatic heterocycles. The lowest BCUT2D eigenvalue weighted by Gasteiger charge is -2.19. The summed E-state index contributed by atoms with van der Waals surface area (Å²) in [4.78, 5) is 11.7. The molecule has 1 saturated carbocycles. The molecule has 3 nitrogen and oxygen atoms in total. The van der Waals surface area contributed by atoms with Gasteiger partial charge in [0.05, 0.1) is 6.04 Å². The van der Waals surface area contributed by atoms with Crippen molar-refractivity contribution in [3.63, 3.8) is 0 Å². The number of hydrogen-bond acceptors (Lipinski definition) is 2. The Hall–Kier alpha value is -0.570. The molecule has 16 heavy (non-hydrogen) atoms. The highest BCUT2D eigenvalue weighted by Crippen LogP contribution is 2.17. The molecule has 1 unspecified atom stereocenters. The van der Waals surface area contributed by atoms with Crippen molar-refractivity contribution in [1.29, 1.82) is 0 Å². The largest absolute Gasteiger partial charge is 0.355 e. The maximum atomic E-state index is 11.7. The number of amides is 1. The van der Waals surface area contributed by atoms with E-state index in [9.17, 15) is 4.79 Å². The molecular formula is C13H26N2O. The smallest absolute Gasteiger partial charge is 0.236 e. The maximum absolute atomic E-state index is 11.7. The number of rotatable bonds is 6. The Bertz CT molecular complexity index is 210. The Morgan fingerprint density at radius 3 is 2.44 bits per heavy atom. The molecular weight excluding hydrogens is 200 g/mol. The van der Waals surface area contributed by atoms with E-state index in [4.69, 9.17) is 0 Å². The van der Waals surface area contributed by atoms with Gasteiger partial charge in [0, 0.05) is 12.6 Å². The van der Waals surface area contributed by atoms with Gasteiger partial charge in [-0.05, 0) is 32.1 Å². The highest BCUT2D eigenvalue weighted by molar-refractivity contribution is 5.81. The Balaban J connectivity index is 2.14. The fourth-order valence-electron chi connectivity index (χ4n) is 2.16. The average molecular weight is 226 g/mol. The summed E-state index contributed by atoms with van der Waals surface area (Å²) < 4.78 is 0. The van der Waals surface area contributed by atoms with Gasteiger partial charge >= 0.3 is 0 Å². The van der Waals surface area contributed by atoms with E-state index >= 15 is 0 Å². The molecule has 0 aromatic carbocycles. The first-order valence-electron chi connectivity index (χ1n) is 6.63. The summed E-state index contributed by atoms with van der Waals surface area (Å²) in [6.07, 6.45) is 6.12. The number of carbonyl (C=O) groups is 1. The standard InChI is InChI=1S/C13H26N2O/c1-10(2)8-9-14-13(16)11(3)15-12-6-4-5-7-12/h10-12,15H,4-9H2,1-3H3,(H,14,16). The lowest BCUT2D eigenvalue weighted by Crippen LogP contribution is -2.46. The molecule has 0 heterocycles. The molecule has 2 N–H and O–H groups in total. The zero-order chi connectivity index (χ0) is 12.0. The van der Waals surface area contributed by atoms with Crippen molar-refractivity contribution in [2.45, 2.75) is 65.0 Å². The fraction of sp³-hybridized carbons (Fsp3) is 0.923. The summed E-state index contributed by atoms with van der Waals surface area (Å²) in [7, 11) is 0. The first-order valence-corrected chi connectivity index (χ1v) is 6.63. The first-order chi connectivity index (χ1) is 7.59. The molecule has 1 rings (SSSR count). The molecule has 0 saturated heterocycles. The summed E-state index contributed by atoms with van der Waals surface area (Å²) in [6.45, 7) is 7.11. The normalized spacial score (nSPS) is 19.0. The van der Waals surface area contributed by atoms with E-state index in [1.807, 2.05) is 6.92 Å². The monoisotopic (exact) mass is 226 g/mol. The van der Waals surface area contributed by atoms with Gasteiger partial charge in [0.2, 0.25) is 5.91 Å². The molecule has 0 radical (unpaired) electrons. The number of hydrogen-bond donors (Lipinski definition) is 2. The summed E-state index contributed by atoms with van der Waals surface area (Å²) >= 11 is 0. The van der Waals surface area contributed by atoms with Gasteiger partial charge in [-0.3, -0.25) is 4.79 Å². The maximum Gasteiger partial charge on any atom is 0.236 e. The van der Waals surface area contributed by atoms with E-state index < -0.39 is 0 Å². The van der Waals surface area contributed by atoms with Crippen molar-refractivity contribution in [3.8, 4) is 0 Å². The fourth-order valence-corrected chi connectivity index (χ4v) is 2.16. The zero-order valence-electron chi connectivity index (χ0n) is 10.9. The Morgan fingerprint density at radius 1 is 1.25 bits per heavy atom. The van der Waals surface area contributed by atoms with Gasteiger partial charge in [0.1, 0.15) is 0 Å².